The molecule has 0 heterocycles. The Morgan fingerprint density at radius 2 is 1.65 bits per heavy atom. The van der Waals surface area contributed by atoms with E-state index in [4.69, 9.17) is 0 Å². The monoisotopic (exact) mass is 492 g/mol. The predicted octanol–water partition coefficient (Wildman–Crippen LogP) is -1.22. The van der Waals surface area contributed by atoms with E-state index in [0.717, 1.165) is 3.63 Å². The van der Waals surface area contributed by atoms with Crippen LogP contribution < -0.4 is 34.0 Å². The number of benzene rings is 1. The summed E-state index contributed by atoms with van der Waals surface area (Å²) >= 11 is -0.228. The zero-order valence-electron chi connectivity index (χ0n) is 12.8. The third kappa shape index (κ3) is 4.27. The van der Waals surface area contributed by atoms with Gasteiger partial charge in [0, 0.05) is 0 Å². The van der Waals surface area contributed by atoms with Crippen molar-refractivity contribution in [2.45, 2.75) is 49.8 Å². The molecule has 0 N–H and O–H groups in total. The molecule has 0 spiro atoms. The van der Waals surface area contributed by atoms with Crippen LogP contribution in [0, 0.1) is 0 Å². The number of rotatable bonds is 5. The van der Waals surface area contributed by atoms with Crippen molar-refractivity contribution in [1.82, 2.24) is 0 Å². The molecule has 0 nitrogen and oxygen atoms in total. The minimum absolute atomic E-state index is 0. The Morgan fingerprint density at radius 1 is 1.05 bits per heavy atom. The van der Waals surface area contributed by atoms with Gasteiger partial charge in [0.1, 0.15) is 0 Å². The molecule has 1 aromatic rings. The first-order valence-electron chi connectivity index (χ1n) is 7.27. The predicted molar refractivity (Wildman–Crippen MR) is 80.2 cm³/mol. The van der Waals surface area contributed by atoms with E-state index in [9.17, 15) is 0 Å². The topological polar surface area (TPSA) is 0 Å². The Hall–Kier alpha value is 1.02. The fourth-order valence-electron chi connectivity index (χ4n) is 3.09. The van der Waals surface area contributed by atoms with E-state index in [-0.39, 0.29) is 62.3 Å². The maximum atomic E-state index is 2.43. The Kier molecular flexibility index (Phi) is 10.4. The third-order valence-electron chi connectivity index (χ3n) is 4.27. The van der Waals surface area contributed by atoms with E-state index in [2.05, 4.69) is 52.0 Å². The molecule has 0 amide bonds. The summed E-state index contributed by atoms with van der Waals surface area (Å²) in [4.78, 5) is 0. The Morgan fingerprint density at radius 3 is 2.20 bits per heavy atom. The van der Waals surface area contributed by atoms with Crippen LogP contribution >= 0.6 is 0 Å². The summed E-state index contributed by atoms with van der Waals surface area (Å²) in [5.41, 5.74) is 6.67. The van der Waals surface area contributed by atoms with Crippen LogP contribution in [-0.2, 0) is 22.4 Å². The summed E-state index contributed by atoms with van der Waals surface area (Å²) in [6.07, 6.45) is 1.26. The molecule has 0 fully saturated rings. The summed E-state index contributed by atoms with van der Waals surface area (Å²) in [7, 11) is 0. The first-order valence-corrected chi connectivity index (χ1v) is 15.2. The third-order valence-corrected chi connectivity index (χ3v) is 20.6. The fraction of sp³-hybridized carbons (Fsp3) is 0.500. The van der Waals surface area contributed by atoms with Gasteiger partial charge in [-0.15, -0.1) is 0 Å². The van der Waals surface area contributed by atoms with E-state index in [0.29, 0.717) is 0 Å². The molecule has 4 heteroatoms. The van der Waals surface area contributed by atoms with E-state index >= 15 is 0 Å². The van der Waals surface area contributed by atoms with E-state index in [1.165, 1.54) is 18.5 Å². The summed E-state index contributed by atoms with van der Waals surface area (Å²) in [5.74, 6) is -0.348. The quantitative estimate of drug-likeness (QED) is 0.450. The van der Waals surface area contributed by atoms with Gasteiger partial charge in [-0.25, -0.2) is 0 Å². The van der Waals surface area contributed by atoms with Crippen molar-refractivity contribution in [2.24, 2.45) is 0 Å². The van der Waals surface area contributed by atoms with Gasteiger partial charge >= 0.3 is 125 Å². The molecule has 1 aliphatic carbocycles. The molecule has 0 bridgehead atoms. The summed E-state index contributed by atoms with van der Waals surface area (Å²) in [6.45, 7) is 9.58. The van der Waals surface area contributed by atoms with Crippen molar-refractivity contribution in [3.8, 4) is 0 Å². The van der Waals surface area contributed by atoms with Gasteiger partial charge in [-0.05, 0) is 0 Å². The largest absolute Gasteiger partial charge is 1.00 e. The minimum atomic E-state index is -0.348. The normalized spacial score (nSPS) is 16.4. The molecular weight excluding hydrogens is 471 g/mol. The van der Waals surface area contributed by atoms with Crippen LogP contribution in [-0.4, -0.2) is 5.92 Å². The van der Waals surface area contributed by atoms with Gasteiger partial charge in [0.05, 0.1) is 0 Å². The molecule has 1 aromatic carbocycles. The van der Waals surface area contributed by atoms with Gasteiger partial charge in [-0.2, -0.15) is 0 Å². The van der Waals surface area contributed by atoms with Gasteiger partial charge in [0.15, 0.2) is 0 Å². The molecule has 0 saturated carbocycles. The fourth-order valence-corrected chi connectivity index (χ4v) is 16.4. The van der Waals surface area contributed by atoms with Crippen LogP contribution in [0.4, 0.5) is 0 Å². The molecule has 0 aromatic heterocycles. The smallest absolute Gasteiger partial charge is 1.00 e. The van der Waals surface area contributed by atoms with Gasteiger partial charge < -0.3 is 34.0 Å². The maximum absolute atomic E-state index is 2.43. The zero-order chi connectivity index (χ0) is 13.1. The molecule has 0 radical (unpaired) electrons. The molecule has 1 aliphatic rings. The molecule has 1 atom stereocenters. The van der Waals surface area contributed by atoms with Crippen LogP contribution in [0.25, 0.3) is 5.57 Å². The number of allylic oxidation sites excluding steroid dienone is 2. The average molecular weight is 495 g/mol. The molecule has 110 valence electrons. The van der Waals surface area contributed by atoms with Crippen molar-refractivity contribution in [3.63, 3.8) is 0 Å². The zero-order valence-corrected chi connectivity index (χ0v) is 19.6. The summed E-state index contributed by atoms with van der Waals surface area (Å²) < 4.78 is 0.923. The van der Waals surface area contributed by atoms with Crippen molar-refractivity contribution in [2.75, 3.05) is 0 Å². The second kappa shape index (κ2) is 9.92. The number of fused-ring (bicyclic) bond motifs is 1. The van der Waals surface area contributed by atoms with E-state index in [1.54, 1.807) is 22.3 Å². The molecule has 2 rings (SSSR count). The summed E-state index contributed by atoms with van der Waals surface area (Å²) in [5, 5.41) is 0. The minimum Gasteiger partial charge on any atom is -1.00 e. The van der Waals surface area contributed by atoms with E-state index in [1.807, 2.05) is 0 Å². The number of hydrogen-bond donors (Lipinski definition) is 0. The molecule has 0 aliphatic heterocycles. The van der Waals surface area contributed by atoms with Crippen molar-refractivity contribution < 1.29 is 56.4 Å². The molecular formula is C16H24Br2SiZr. The van der Waals surface area contributed by atoms with Gasteiger partial charge in [-0.3, -0.25) is 0 Å². The first-order chi connectivity index (χ1) is 8.72. The van der Waals surface area contributed by atoms with Crippen molar-refractivity contribution in [1.29, 1.82) is 0 Å². The first kappa shape index (κ1) is 21.0. The standard InChI is InChI=1S/C12H13.C4H11Si.2BrH.Zr/c1-3-10-8-11-6-4-5-7-12(11)9(10)2;1-3-5-4-2;;;/h4-8H,3H2,1-2H3;5H,3-4H2,1-2H3;2*1H;/q;;;;+2/p-2. The van der Waals surface area contributed by atoms with Crippen molar-refractivity contribution in [3.05, 3.63) is 41.0 Å². The second-order valence-electron chi connectivity index (χ2n) is 5.20. The van der Waals surface area contributed by atoms with Crippen LogP contribution in [0.1, 0.15) is 48.9 Å². The molecule has 1 unspecified atom stereocenters. The maximum Gasteiger partial charge on any atom is -1.00 e. The summed E-state index contributed by atoms with van der Waals surface area (Å²) in [6, 6.07) is 12.2. The Labute approximate surface area is 157 Å². The van der Waals surface area contributed by atoms with Crippen LogP contribution in [0.15, 0.2) is 29.8 Å². The van der Waals surface area contributed by atoms with E-state index < -0.39 is 0 Å². The van der Waals surface area contributed by atoms with Gasteiger partial charge in [-0.1, -0.05) is 0 Å². The number of hydrogen-bond acceptors (Lipinski definition) is 0. The van der Waals surface area contributed by atoms with Crippen LogP contribution in [0.5, 0.6) is 0 Å². The van der Waals surface area contributed by atoms with Crippen molar-refractivity contribution >= 4 is 11.5 Å². The molecule has 20 heavy (non-hydrogen) atoms. The Bertz CT molecular complexity index is 456. The molecule has 0 saturated heterocycles. The van der Waals surface area contributed by atoms with Gasteiger partial charge in [0.2, 0.25) is 0 Å². The van der Waals surface area contributed by atoms with Crippen LogP contribution in [0.2, 0.25) is 12.1 Å². The second-order valence-corrected chi connectivity index (χ2v) is 18.5. The number of halogens is 2. The SMILES string of the molecule is CCC1=C(C)c2ccccc2[CH]1[Zr+2][SiH](CC)CC.[Br-].[Br-]. The Balaban J connectivity index is 0.00000180. The van der Waals surface area contributed by atoms with Crippen LogP contribution in [0.3, 0.4) is 0 Å². The van der Waals surface area contributed by atoms with Gasteiger partial charge in [0.25, 0.3) is 0 Å². The average Bonchev–Trinajstić information content (AvgIpc) is 2.69.